The van der Waals surface area contributed by atoms with Crippen molar-refractivity contribution in [2.24, 2.45) is 10.7 Å². The topological polar surface area (TPSA) is 180 Å². The molecule has 1 amide bonds. The van der Waals surface area contributed by atoms with Crippen LogP contribution in [0.5, 0.6) is 0 Å². The molecule has 4 rings (SSSR count). The number of rotatable bonds is 24. The molecule has 0 unspecified atom stereocenters. The average molecular weight is 751 g/mol. The van der Waals surface area contributed by atoms with Crippen LogP contribution < -0.4 is 11.1 Å². The van der Waals surface area contributed by atoms with Crippen molar-refractivity contribution >= 4 is 40.5 Å². The molecule has 17 heteroatoms. The van der Waals surface area contributed by atoms with Gasteiger partial charge in [-0.3, -0.25) is 19.1 Å². The molecule has 0 bridgehead atoms. The molecular weight excluding hydrogens is 704 g/mol. The molecule has 1 aromatic carbocycles. The number of thiophene rings is 1. The molecule has 0 saturated carbocycles. The molecule has 1 aliphatic heterocycles. The Balaban J connectivity index is 1.21. The largest absolute Gasteiger partial charge is 0.469 e. The predicted molar refractivity (Wildman–Crippen MR) is 191 cm³/mol. The van der Waals surface area contributed by atoms with Gasteiger partial charge in [0.1, 0.15) is 16.9 Å². The Morgan fingerprint density at radius 3 is 1.94 bits per heavy atom. The summed E-state index contributed by atoms with van der Waals surface area (Å²) in [6.45, 7) is 10.0. The number of halogens is 1. The van der Waals surface area contributed by atoms with Gasteiger partial charge in [0, 0.05) is 29.2 Å². The van der Waals surface area contributed by atoms with Gasteiger partial charge >= 0.3 is 5.97 Å². The Hall–Kier alpha value is -3.32. The maximum absolute atomic E-state index is 13.5. The van der Waals surface area contributed by atoms with Crippen LogP contribution >= 0.6 is 22.9 Å². The standard InChI is InChI=1S/C34H47ClN6O9S/c1-23-29-30(25-4-6-26(35)7-5-25)38-27(22-28(42)44-3)32-40-39-24(2)41(32)34(29)51-31(23)33(43)37-9-11-46-13-15-48-17-19-50-21-20-49-18-16-47-14-12-45-10-8-36/h4-7,27H,8-22,36H2,1-3H3,(H,37,43)/t27-/m0/s1. The van der Waals surface area contributed by atoms with E-state index in [2.05, 4.69) is 15.5 Å². The number of carbonyl (C=O) groups excluding carboxylic acids is 2. The number of nitrogens with one attached hydrogen (secondary N) is 1. The summed E-state index contributed by atoms with van der Waals surface area (Å²) in [4.78, 5) is 31.4. The molecule has 0 aliphatic carbocycles. The van der Waals surface area contributed by atoms with Crippen LogP contribution in [0, 0.1) is 13.8 Å². The monoisotopic (exact) mass is 750 g/mol. The number of hydrogen-bond acceptors (Lipinski definition) is 14. The molecule has 51 heavy (non-hydrogen) atoms. The lowest BCUT2D eigenvalue weighted by Crippen LogP contribution is -2.27. The fourth-order valence-corrected chi connectivity index (χ4v) is 6.49. The van der Waals surface area contributed by atoms with E-state index in [-0.39, 0.29) is 12.3 Å². The van der Waals surface area contributed by atoms with Crippen molar-refractivity contribution in [3.05, 3.63) is 62.5 Å². The normalized spacial score (nSPS) is 13.7. The Morgan fingerprint density at radius 1 is 0.843 bits per heavy atom. The number of aromatic nitrogens is 3. The molecule has 0 saturated heterocycles. The minimum atomic E-state index is -0.650. The van der Waals surface area contributed by atoms with Crippen molar-refractivity contribution < 1.29 is 42.7 Å². The maximum atomic E-state index is 13.5. The zero-order chi connectivity index (χ0) is 36.4. The van der Waals surface area contributed by atoms with Gasteiger partial charge < -0.3 is 44.2 Å². The van der Waals surface area contributed by atoms with E-state index in [0.29, 0.717) is 120 Å². The van der Waals surface area contributed by atoms with Crippen LogP contribution in [0.1, 0.15) is 50.5 Å². The second-order valence-corrected chi connectivity index (χ2v) is 12.6. The number of hydrogen-bond donors (Lipinski definition) is 2. The first-order chi connectivity index (χ1) is 24.8. The van der Waals surface area contributed by atoms with Crippen LogP contribution in [-0.2, 0) is 38.0 Å². The molecular formula is C34H47ClN6O9S. The van der Waals surface area contributed by atoms with Crippen LogP contribution in [-0.4, -0.2) is 132 Å². The fourth-order valence-electron chi connectivity index (χ4n) is 5.08. The molecule has 3 aromatic rings. The van der Waals surface area contributed by atoms with E-state index in [1.54, 1.807) is 12.1 Å². The molecule has 2 aromatic heterocycles. The number of nitrogens with zero attached hydrogens (tertiary/aromatic N) is 4. The summed E-state index contributed by atoms with van der Waals surface area (Å²) in [7, 11) is 1.34. The van der Waals surface area contributed by atoms with Crippen molar-refractivity contribution in [2.75, 3.05) is 99.5 Å². The maximum Gasteiger partial charge on any atom is 0.308 e. The smallest absolute Gasteiger partial charge is 0.308 e. The number of ether oxygens (including phenoxy) is 7. The van der Waals surface area contributed by atoms with E-state index in [1.165, 1.54) is 18.4 Å². The first kappa shape index (κ1) is 40.5. The number of nitrogens with two attached hydrogens (primary N) is 1. The van der Waals surface area contributed by atoms with E-state index in [0.717, 1.165) is 21.7 Å². The van der Waals surface area contributed by atoms with Crippen molar-refractivity contribution in [3.8, 4) is 5.00 Å². The average Bonchev–Trinajstić information content (AvgIpc) is 3.63. The van der Waals surface area contributed by atoms with Gasteiger partial charge in [-0.15, -0.1) is 21.5 Å². The summed E-state index contributed by atoms with van der Waals surface area (Å²) < 4.78 is 39.6. The van der Waals surface area contributed by atoms with Crippen molar-refractivity contribution in [1.29, 1.82) is 0 Å². The van der Waals surface area contributed by atoms with Gasteiger partial charge in [0.05, 0.1) is 103 Å². The van der Waals surface area contributed by atoms with Crippen LogP contribution in [0.4, 0.5) is 0 Å². The third-order valence-electron chi connectivity index (χ3n) is 7.57. The van der Waals surface area contributed by atoms with E-state index < -0.39 is 12.0 Å². The summed E-state index contributed by atoms with van der Waals surface area (Å²) >= 11 is 7.51. The van der Waals surface area contributed by atoms with E-state index in [9.17, 15) is 9.59 Å². The molecule has 280 valence electrons. The lowest BCUT2D eigenvalue weighted by molar-refractivity contribution is -0.141. The zero-order valence-electron chi connectivity index (χ0n) is 29.3. The van der Waals surface area contributed by atoms with Gasteiger partial charge in [-0.1, -0.05) is 23.7 Å². The number of amides is 1. The molecule has 0 fully saturated rings. The summed E-state index contributed by atoms with van der Waals surface area (Å²) in [5.74, 6) is 0.441. The van der Waals surface area contributed by atoms with Crippen molar-refractivity contribution in [3.63, 3.8) is 0 Å². The van der Waals surface area contributed by atoms with E-state index >= 15 is 0 Å². The number of fused-ring (bicyclic) bond motifs is 3. The number of benzene rings is 1. The quantitative estimate of drug-likeness (QED) is 0.101. The van der Waals surface area contributed by atoms with Gasteiger partial charge in [0.2, 0.25) is 0 Å². The predicted octanol–water partition coefficient (Wildman–Crippen LogP) is 2.84. The summed E-state index contributed by atoms with van der Waals surface area (Å²) in [5.41, 5.74) is 8.27. The Bertz CT molecular complexity index is 1570. The Kier molecular flexibility index (Phi) is 17.4. The first-order valence-electron chi connectivity index (χ1n) is 16.8. The molecule has 3 heterocycles. The number of methoxy groups -OCH3 is 1. The summed E-state index contributed by atoms with van der Waals surface area (Å²) in [5, 5.41) is 12.9. The molecule has 1 atom stereocenters. The number of carbonyl (C=O) groups is 2. The zero-order valence-corrected chi connectivity index (χ0v) is 30.9. The third kappa shape index (κ3) is 12.1. The first-order valence-corrected chi connectivity index (χ1v) is 18.0. The lowest BCUT2D eigenvalue weighted by atomic mass is 9.99. The number of aliphatic imine (C=N–C) groups is 1. The second-order valence-electron chi connectivity index (χ2n) is 11.2. The molecule has 0 spiro atoms. The number of aryl methyl sites for hydroxylation is 1. The highest BCUT2D eigenvalue weighted by Crippen LogP contribution is 2.40. The summed E-state index contributed by atoms with van der Waals surface area (Å²) in [6.07, 6.45) is -0.0216. The minimum Gasteiger partial charge on any atom is -0.469 e. The fraction of sp³-hybridized carbons (Fsp3) is 0.559. The van der Waals surface area contributed by atoms with Gasteiger partial charge in [0.25, 0.3) is 5.91 Å². The SMILES string of the molecule is COC(=O)C[C@@H]1N=C(c2ccc(Cl)cc2)c2c(sc(C(=O)NCCOCCOCCOCCOCCOCCOCCN)c2C)-n2c(C)nnc21. The minimum absolute atomic E-state index is 0.0216. The third-order valence-corrected chi connectivity index (χ3v) is 9.09. The van der Waals surface area contributed by atoms with E-state index in [4.69, 9.17) is 55.5 Å². The van der Waals surface area contributed by atoms with Gasteiger partial charge in [0.15, 0.2) is 5.82 Å². The van der Waals surface area contributed by atoms with Crippen molar-refractivity contribution in [1.82, 2.24) is 20.1 Å². The lowest BCUT2D eigenvalue weighted by Gasteiger charge is -2.12. The van der Waals surface area contributed by atoms with Crippen LogP contribution in [0.15, 0.2) is 29.3 Å². The molecule has 15 nitrogen and oxygen atoms in total. The van der Waals surface area contributed by atoms with Gasteiger partial charge in [-0.05, 0) is 31.5 Å². The second kappa shape index (κ2) is 21.9. The highest BCUT2D eigenvalue weighted by atomic mass is 35.5. The van der Waals surface area contributed by atoms with Crippen LogP contribution in [0.25, 0.3) is 5.00 Å². The molecule has 0 radical (unpaired) electrons. The van der Waals surface area contributed by atoms with Crippen molar-refractivity contribution in [2.45, 2.75) is 26.3 Å². The molecule has 1 aliphatic rings. The highest BCUT2D eigenvalue weighted by Gasteiger charge is 2.34. The Labute approximate surface area is 306 Å². The Morgan fingerprint density at radius 2 is 1.39 bits per heavy atom. The van der Waals surface area contributed by atoms with Gasteiger partial charge in [-0.25, -0.2) is 0 Å². The summed E-state index contributed by atoms with van der Waals surface area (Å²) in [6, 6.07) is 6.63. The molecule has 3 N–H and O–H groups in total. The van der Waals surface area contributed by atoms with E-state index in [1.807, 2.05) is 30.5 Å². The van der Waals surface area contributed by atoms with Crippen LogP contribution in [0.3, 0.4) is 0 Å². The number of esters is 1. The van der Waals surface area contributed by atoms with Crippen LogP contribution in [0.2, 0.25) is 5.02 Å². The van der Waals surface area contributed by atoms with Gasteiger partial charge in [-0.2, -0.15) is 0 Å². The highest BCUT2D eigenvalue weighted by molar-refractivity contribution is 7.17.